The summed E-state index contributed by atoms with van der Waals surface area (Å²) in [6.07, 6.45) is 0.999. The molecule has 1 heterocycles. The van der Waals surface area contributed by atoms with Crippen LogP contribution >= 0.6 is 11.8 Å². The van der Waals surface area contributed by atoms with Gasteiger partial charge in [0.25, 0.3) is 0 Å². The first-order valence-corrected chi connectivity index (χ1v) is 10.0. The minimum Gasteiger partial charge on any atom is -0.494 e. The van der Waals surface area contributed by atoms with E-state index in [1.807, 2.05) is 31.2 Å². The van der Waals surface area contributed by atoms with E-state index in [-0.39, 0.29) is 17.7 Å². The lowest BCUT2D eigenvalue weighted by Crippen LogP contribution is -2.28. The van der Waals surface area contributed by atoms with Crippen LogP contribution in [0.25, 0.3) is 5.69 Å². The molecule has 0 aliphatic heterocycles. The molecule has 1 amide bonds. The number of tetrazole rings is 1. The van der Waals surface area contributed by atoms with Crippen molar-refractivity contribution in [2.24, 2.45) is 0 Å². The van der Waals surface area contributed by atoms with Crippen molar-refractivity contribution >= 4 is 17.7 Å². The van der Waals surface area contributed by atoms with E-state index >= 15 is 0 Å². The summed E-state index contributed by atoms with van der Waals surface area (Å²) in [4.78, 5) is 12.4. The molecule has 0 aliphatic carbocycles. The van der Waals surface area contributed by atoms with Gasteiger partial charge < -0.3 is 10.1 Å². The molecular weight excluding hydrogens is 374 g/mol. The fourth-order valence-corrected chi connectivity index (χ4v) is 3.46. The molecule has 0 fully saturated rings. The smallest absolute Gasteiger partial charge is 0.230 e. The quantitative estimate of drug-likeness (QED) is 0.588. The lowest BCUT2D eigenvalue weighted by Gasteiger charge is -2.14. The van der Waals surface area contributed by atoms with Crippen LogP contribution in [0.1, 0.15) is 31.0 Å². The number of aromatic nitrogens is 4. The molecule has 3 aromatic rings. The van der Waals surface area contributed by atoms with Gasteiger partial charge in [-0.15, -0.1) is 5.10 Å². The van der Waals surface area contributed by atoms with E-state index in [4.69, 9.17) is 4.74 Å². The number of para-hydroxylation sites is 2. The number of nitrogens with zero attached hydrogens (tertiary/aromatic N) is 4. The Morgan fingerprint density at radius 3 is 2.68 bits per heavy atom. The fraction of sp³-hybridized carbons (Fsp3) is 0.300. The lowest BCUT2D eigenvalue weighted by molar-refractivity contribution is -0.119. The second-order valence-electron chi connectivity index (χ2n) is 6.22. The highest BCUT2D eigenvalue weighted by molar-refractivity contribution is 7.99. The Morgan fingerprint density at radius 1 is 1.21 bits per heavy atom. The monoisotopic (exact) mass is 397 g/mol. The zero-order valence-corrected chi connectivity index (χ0v) is 16.9. The third-order valence-electron chi connectivity index (χ3n) is 4.35. The first-order valence-electron chi connectivity index (χ1n) is 9.05. The summed E-state index contributed by atoms with van der Waals surface area (Å²) in [7, 11) is 1.60. The van der Waals surface area contributed by atoms with Gasteiger partial charge in [-0.05, 0) is 47.0 Å². The molecule has 7 nitrogen and oxygen atoms in total. The molecule has 2 aromatic carbocycles. The zero-order chi connectivity index (χ0) is 19.9. The predicted octanol–water partition coefficient (Wildman–Crippen LogP) is 3.20. The average molecular weight is 398 g/mol. The van der Waals surface area contributed by atoms with Crippen LogP contribution in [0.2, 0.25) is 0 Å². The van der Waals surface area contributed by atoms with Crippen molar-refractivity contribution < 1.29 is 9.53 Å². The van der Waals surface area contributed by atoms with Crippen LogP contribution in [0.4, 0.5) is 0 Å². The van der Waals surface area contributed by atoms with Crippen LogP contribution in [0, 0.1) is 0 Å². The van der Waals surface area contributed by atoms with Crippen LogP contribution in [-0.2, 0) is 11.2 Å². The van der Waals surface area contributed by atoms with Crippen molar-refractivity contribution in [1.82, 2.24) is 25.5 Å². The number of nitrogens with one attached hydrogen (secondary N) is 1. The summed E-state index contributed by atoms with van der Waals surface area (Å²) < 4.78 is 6.94. The number of hydrogen-bond donors (Lipinski definition) is 1. The Hall–Kier alpha value is -2.87. The average Bonchev–Trinajstić information content (AvgIpc) is 3.20. The number of benzene rings is 2. The predicted molar refractivity (Wildman–Crippen MR) is 109 cm³/mol. The molecule has 0 saturated heterocycles. The molecule has 0 saturated carbocycles. The Bertz CT molecular complexity index is 926. The molecule has 0 aliphatic rings. The number of hydrogen-bond acceptors (Lipinski definition) is 6. The molecule has 1 atom stereocenters. The molecule has 0 radical (unpaired) electrons. The maximum absolute atomic E-state index is 12.4. The third kappa shape index (κ3) is 4.69. The van der Waals surface area contributed by atoms with Crippen LogP contribution < -0.4 is 10.1 Å². The van der Waals surface area contributed by atoms with Crippen LogP contribution in [-0.4, -0.2) is 39.0 Å². The van der Waals surface area contributed by atoms with Gasteiger partial charge in [0, 0.05) is 0 Å². The maximum atomic E-state index is 12.4. The highest BCUT2D eigenvalue weighted by atomic mass is 32.2. The van der Waals surface area contributed by atoms with Gasteiger partial charge in [0.05, 0.1) is 18.9 Å². The van der Waals surface area contributed by atoms with Crippen molar-refractivity contribution in [3.63, 3.8) is 0 Å². The Labute approximate surface area is 168 Å². The number of carbonyl (C=O) groups is 1. The van der Waals surface area contributed by atoms with E-state index in [0.717, 1.165) is 17.7 Å². The largest absolute Gasteiger partial charge is 0.494 e. The van der Waals surface area contributed by atoms with Gasteiger partial charge in [0.1, 0.15) is 11.4 Å². The summed E-state index contributed by atoms with van der Waals surface area (Å²) in [5, 5.41) is 15.3. The van der Waals surface area contributed by atoms with Crippen LogP contribution in [0.15, 0.2) is 53.7 Å². The van der Waals surface area contributed by atoms with Gasteiger partial charge in [-0.1, -0.05) is 55.1 Å². The summed E-state index contributed by atoms with van der Waals surface area (Å²) in [6.45, 7) is 4.10. The van der Waals surface area contributed by atoms with E-state index in [1.54, 1.807) is 11.8 Å². The van der Waals surface area contributed by atoms with Gasteiger partial charge in [-0.25, -0.2) is 0 Å². The van der Waals surface area contributed by atoms with E-state index in [2.05, 4.69) is 52.0 Å². The molecule has 146 valence electrons. The summed E-state index contributed by atoms with van der Waals surface area (Å²) >= 11 is 1.28. The van der Waals surface area contributed by atoms with Crippen LogP contribution in [0.5, 0.6) is 5.75 Å². The number of ether oxygens (including phenoxy) is 1. The van der Waals surface area contributed by atoms with Gasteiger partial charge in [-0.2, -0.15) is 4.68 Å². The molecule has 1 unspecified atom stereocenters. The first kappa shape index (κ1) is 19.9. The van der Waals surface area contributed by atoms with Gasteiger partial charge in [-0.3, -0.25) is 4.79 Å². The van der Waals surface area contributed by atoms with Crippen molar-refractivity contribution in [2.75, 3.05) is 12.9 Å². The topological polar surface area (TPSA) is 81.9 Å². The minimum atomic E-state index is -0.0772. The molecule has 3 rings (SSSR count). The van der Waals surface area contributed by atoms with Crippen molar-refractivity contribution in [3.8, 4) is 11.4 Å². The van der Waals surface area contributed by atoms with E-state index < -0.39 is 0 Å². The summed E-state index contributed by atoms with van der Waals surface area (Å²) in [5.74, 6) is 0.796. The number of methoxy groups -OCH3 is 1. The SMILES string of the molecule is CCc1ccc(C(C)NC(=O)CSc2nnnn2-c2ccccc2OC)cc1. The Balaban J connectivity index is 1.61. The van der Waals surface area contributed by atoms with Gasteiger partial charge in [0.15, 0.2) is 0 Å². The van der Waals surface area contributed by atoms with Gasteiger partial charge >= 0.3 is 0 Å². The van der Waals surface area contributed by atoms with Crippen molar-refractivity contribution in [1.29, 1.82) is 0 Å². The number of carbonyl (C=O) groups excluding carboxylic acids is 1. The van der Waals surface area contributed by atoms with Crippen LogP contribution in [0.3, 0.4) is 0 Å². The molecular formula is C20H23N5O2S. The Morgan fingerprint density at radius 2 is 1.96 bits per heavy atom. The summed E-state index contributed by atoms with van der Waals surface area (Å²) in [5.41, 5.74) is 3.08. The molecule has 1 N–H and O–H groups in total. The normalized spacial score (nSPS) is 11.8. The fourth-order valence-electron chi connectivity index (χ4n) is 2.76. The van der Waals surface area contributed by atoms with Crippen molar-refractivity contribution in [2.45, 2.75) is 31.5 Å². The highest BCUT2D eigenvalue weighted by Gasteiger charge is 2.16. The highest BCUT2D eigenvalue weighted by Crippen LogP contribution is 2.25. The molecule has 0 bridgehead atoms. The standard InChI is InChI=1S/C20H23N5O2S/c1-4-15-9-11-16(12-10-15)14(2)21-19(26)13-28-20-22-23-24-25(20)17-7-5-6-8-18(17)27-3/h5-12,14H,4,13H2,1-3H3,(H,21,26). The number of amides is 1. The van der Waals surface area contributed by atoms with Gasteiger partial charge in [0.2, 0.25) is 11.1 Å². The zero-order valence-electron chi connectivity index (χ0n) is 16.1. The maximum Gasteiger partial charge on any atom is 0.230 e. The van der Waals surface area contributed by atoms with E-state index in [9.17, 15) is 4.79 Å². The molecule has 1 aromatic heterocycles. The summed E-state index contributed by atoms with van der Waals surface area (Å²) in [6, 6.07) is 15.7. The second kappa shape index (κ2) is 9.36. The number of rotatable bonds is 8. The minimum absolute atomic E-state index is 0.0655. The first-order chi connectivity index (χ1) is 13.6. The molecule has 8 heteroatoms. The lowest BCUT2D eigenvalue weighted by atomic mass is 10.1. The second-order valence-corrected chi connectivity index (χ2v) is 7.16. The van der Waals surface area contributed by atoms with E-state index in [0.29, 0.717) is 10.9 Å². The van der Waals surface area contributed by atoms with E-state index in [1.165, 1.54) is 17.3 Å². The molecule has 28 heavy (non-hydrogen) atoms. The third-order valence-corrected chi connectivity index (χ3v) is 5.27. The van der Waals surface area contributed by atoms with Crippen molar-refractivity contribution in [3.05, 3.63) is 59.7 Å². The molecule has 0 spiro atoms. The number of thioether (sulfide) groups is 1. The Kier molecular flexibility index (Phi) is 6.65. The number of aryl methyl sites for hydroxylation is 1.